The number of aliphatic carboxylic acids is 1. The molecule has 2 rings (SSSR count). The normalized spacial score (nSPS) is 11.3. The van der Waals surface area contributed by atoms with E-state index in [1.807, 2.05) is 12.1 Å². The van der Waals surface area contributed by atoms with E-state index in [0.717, 1.165) is 16.1 Å². The van der Waals surface area contributed by atoms with E-state index in [2.05, 4.69) is 25.9 Å². The SMILES string of the molecule is Nc1nc2c(/C=C/C(=O)O)c(Br)ccc2[nH]1. The second-order valence-corrected chi connectivity index (χ2v) is 4.01. The zero-order valence-electron chi connectivity index (χ0n) is 8.07. The summed E-state index contributed by atoms with van der Waals surface area (Å²) in [5.74, 6) is -0.703. The fourth-order valence-corrected chi connectivity index (χ4v) is 1.86. The van der Waals surface area contributed by atoms with Crippen molar-refractivity contribution in [3.05, 3.63) is 28.2 Å². The van der Waals surface area contributed by atoms with Crippen LogP contribution in [0.1, 0.15) is 5.56 Å². The summed E-state index contributed by atoms with van der Waals surface area (Å²) in [6.45, 7) is 0. The Morgan fingerprint density at radius 1 is 1.56 bits per heavy atom. The first-order chi connectivity index (χ1) is 7.58. The minimum atomic E-state index is -1.01. The average Bonchev–Trinajstić information content (AvgIpc) is 2.57. The van der Waals surface area contributed by atoms with Gasteiger partial charge in [0.15, 0.2) is 5.95 Å². The Morgan fingerprint density at radius 2 is 2.31 bits per heavy atom. The first kappa shape index (κ1) is 10.7. The van der Waals surface area contributed by atoms with Crippen LogP contribution in [-0.4, -0.2) is 21.0 Å². The molecule has 0 aliphatic carbocycles. The molecule has 82 valence electrons. The maximum absolute atomic E-state index is 10.5. The molecule has 6 heteroatoms. The lowest BCUT2D eigenvalue weighted by Gasteiger charge is -1.98. The Bertz CT molecular complexity index is 589. The molecule has 1 aromatic carbocycles. The predicted octanol–water partition coefficient (Wildman–Crippen LogP) is 2.01. The van der Waals surface area contributed by atoms with Crippen molar-refractivity contribution in [2.24, 2.45) is 0 Å². The lowest BCUT2D eigenvalue weighted by molar-refractivity contribution is -0.131. The molecule has 0 saturated carbocycles. The standard InChI is InChI=1S/C10H8BrN3O2/c11-6-2-3-7-9(14-10(12)13-7)5(6)1-4-8(15)16/h1-4H,(H,15,16)(H3,12,13,14)/b4-1+. The highest BCUT2D eigenvalue weighted by Crippen LogP contribution is 2.26. The third-order valence-corrected chi connectivity index (χ3v) is 2.74. The summed E-state index contributed by atoms with van der Waals surface area (Å²) in [5.41, 5.74) is 7.64. The molecule has 4 N–H and O–H groups in total. The molecule has 0 bridgehead atoms. The van der Waals surface area contributed by atoms with Crippen LogP contribution < -0.4 is 5.73 Å². The number of nitrogens with zero attached hydrogens (tertiary/aromatic N) is 1. The number of imidazole rings is 1. The van der Waals surface area contributed by atoms with Gasteiger partial charge in [-0.05, 0) is 18.2 Å². The second kappa shape index (κ2) is 3.97. The molecule has 1 aromatic heterocycles. The number of aromatic nitrogens is 2. The molecule has 0 amide bonds. The summed E-state index contributed by atoms with van der Waals surface area (Å²) < 4.78 is 0.768. The number of nitrogens with two attached hydrogens (primary N) is 1. The lowest BCUT2D eigenvalue weighted by Crippen LogP contribution is -1.87. The molecule has 0 aliphatic heterocycles. The van der Waals surface area contributed by atoms with Gasteiger partial charge in [-0.15, -0.1) is 0 Å². The monoisotopic (exact) mass is 281 g/mol. The van der Waals surface area contributed by atoms with E-state index in [1.54, 1.807) is 0 Å². The van der Waals surface area contributed by atoms with Gasteiger partial charge in [-0.1, -0.05) is 15.9 Å². The van der Waals surface area contributed by atoms with Crippen LogP contribution in [0.5, 0.6) is 0 Å². The molecule has 0 aliphatic rings. The quantitative estimate of drug-likeness (QED) is 0.734. The number of nitrogens with one attached hydrogen (secondary N) is 1. The Balaban J connectivity index is 2.65. The van der Waals surface area contributed by atoms with E-state index in [9.17, 15) is 4.79 Å². The zero-order valence-corrected chi connectivity index (χ0v) is 9.65. The van der Waals surface area contributed by atoms with Gasteiger partial charge in [0.25, 0.3) is 0 Å². The van der Waals surface area contributed by atoms with Crippen molar-refractivity contribution in [1.29, 1.82) is 0 Å². The minimum absolute atomic E-state index is 0.304. The number of carboxylic acid groups (broad SMARTS) is 1. The van der Waals surface area contributed by atoms with E-state index in [1.165, 1.54) is 6.08 Å². The molecule has 16 heavy (non-hydrogen) atoms. The van der Waals surface area contributed by atoms with Crippen molar-refractivity contribution >= 4 is 45.0 Å². The van der Waals surface area contributed by atoms with Gasteiger partial charge in [-0.3, -0.25) is 0 Å². The molecule has 5 nitrogen and oxygen atoms in total. The van der Waals surface area contributed by atoms with Gasteiger partial charge in [0.05, 0.1) is 11.0 Å². The summed E-state index contributed by atoms with van der Waals surface area (Å²) in [6.07, 6.45) is 2.54. The number of hydrogen-bond acceptors (Lipinski definition) is 3. The van der Waals surface area contributed by atoms with Gasteiger partial charge in [0, 0.05) is 16.1 Å². The summed E-state index contributed by atoms with van der Waals surface area (Å²) in [6, 6.07) is 3.63. The number of carboxylic acids is 1. The highest BCUT2D eigenvalue weighted by molar-refractivity contribution is 9.10. The molecule has 0 atom stereocenters. The van der Waals surface area contributed by atoms with E-state index >= 15 is 0 Å². The van der Waals surface area contributed by atoms with Gasteiger partial charge in [0.1, 0.15) is 0 Å². The summed E-state index contributed by atoms with van der Waals surface area (Å²) >= 11 is 3.34. The van der Waals surface area contributed by atoms with Crippen LogP contribution >= 0.6 is 15.9 Å². The van der Waals surface area contributed by atoms with Crippen molar-refractivity contribution in [3.63, 3.8) is 0 Å². The lowest BCUT2D eigenvalue weighted by atomic mass is 10.1. The fraction of sp³-hybridized carbons (Fsp3) is 0. The van der Waals surface area contributed by atoms with Gasteiger partial charge in [-0.2, -0.15) is 0 Å². The number of H-pyrrole nitrogens is 1. The first-order valence-electron chi connectivity index (χ1n) is 4.42. The van der Waals surface area contributed by atoms with E-state index in [-0.39, 0.29) is 0 Å². The smallest absolute Gasteiger partial charge is 0.328 e. The van der Waals surface area contributed by atoms with Crippen molar-refractivity contribution in [2.75, 3.05) is 5.73 Å². The molecule has 2 aromatic rings. The van der Waals surface area contributed by atoms with E-state index in [0.29, 0.717) is 17.0 Å². The van der Waals surface area contributed by atoms with Gasteiger partial charge < -0.3 is 15.8 Å². The minimum Gasteiger partial charge on any atom is -0.478 e. The van der Waals surface area contributed by atoms with Crippen LogP contribution in [0.2, 0.25) is 0 Å². The highest BCUT2D eigenvalue weighted by Gasteiger charge is 2.07. The maximum Gasteiger partial charge on any atom is 0.328 e. The molecule has 0 saturated heterocycles. The Hall–Kier alpha value is -1.82. The maximum atomic E-state index is 10.5. The van der Waals surface area contributed by atoms with Crippen LogP contribution in [0.4, 0.5) is 5.95 Å². The van der Waals surface area contributed by atoms with Gasteiger partial charge in [0.2, 0.25) is 0 Å². The predicted molar refractivity (Wildman–Crippen MR) is 64.9 cm³/mol. The Kier molecular flexibility index (Phi) is 2.66. The molecule has 0 fully saturated rings. The van der Waals surface area contributed by atoms with Crippen LogP contribution in [0.3, 0.4) is 0 Å². The number of anilines is 1. The summed E-state index contributed by atoms with van der Waals surface area (Å²) in [5, 5.41) is 8.59. The van der Waals surface area contributed by atoms with Crippen LogP contribution in [0.15, 0.2) is 22.7 Å². The fourth-order valence-electron chi connectivity index (χ4n) is 1.40. The third kappa shape index (κ3) is 1.92. The third-order valence-electron chi connectivity index (χ3n) is 2.05. The number of hydrogen-bond donors (Lipinski definition) is 3. The number of fused-ring (bicyclic) bond motifs is 1. The van der Waals surface area contributed by atoms with Crippen molar-refractivity contribution < 1.29 is 9.90 Å². The number of rotatable bonds is 2. The Labute approximate surface area is 99.1 Å². The van der Waals surface area contributed by atoms with Gasteiger partial charge in [-0.25, -0.2) is 9.78 Å². The molecular weight excluding hydrogens is 274 g/mol. The van der Waals surface area contributed by atoms with Crippen LogP contribution in [0.25, 0.3) is 17.1 Å². The number of nitrogen functional groups attached to an aromatic ring is 1. The summed E-state index contributed by atoms with van der Waals surface area (Å²) in [7, 11) is 0. The molecule has 0 spiro atoms. The second-order valence-electron chi connectivity index (χ2n) is 3.15. The number of benzene rings is 1. The topological polar surface area (TPSA) is 92.0 Å². The average molecular weight is 282 g/mol. The molecule has 1 heterocycles. The Morgan fingerprint density at radius 3 is 3.00 bits per heavy atom. The number of carbonyl (C=O) groups is 1. The van der Waals surface area contributed by atoms with Crippen molar-refractivity contribution in [3.8, 4) is 0 Å². The van der Waals surface area contributed by atoms with E-state index < -0.39 is 5.97 Å². The number of aromatic amines is 1. The van der Waals surface area contributed by atoms with Crippen LogP contribution in [0, 0.1) is 0 Å². The van der Waals surface area contributed by atoms with Crippen LogP contribution in [-0.2, 0) is 4.79 Å². The molecule has 0 unspecified atom stereocenters. The summed E-state index contributed by atoms with van der Waals surface area (Å²) in [4.78, 5) is 17.4. The van der Waals surface area contributed by atoms with Crippen molar-refractivity contribution in [1.82, 2.24) is 9.97 Å². The molecular formula is C10H8BrN3O2. The zero-order chi connectivity index (χ0) is 11.7. The molecule has 0 radical (unpaired) electrons. The van der Waals surface area contributed by atoms with Gasteiger partial charge >= 0.3 is 5.97 Å². The van der Waals surface area contributed by atoms with Crippen molar-refractivity contribution in [2.45, 2.75) is 0 Å². The largest absolute Gasteiger partial charge is 0.478 e. The van der Waals surface area contributed by atoms with E-state index in [4.69, 9.17) is 10.8 Å². The number of halogens is 1. The highest BCUT2D eigenvalue weighted by atomic mass is 79.9. The first-order valence-corrected chi connectivity index (χ1v) is 5.22.